The maximum Gasteiger partial charge on any atom is 0.148 e. The molecule has 0 aliphatic heterocycles. The van der Waals surface area contributed by atoms with Gasteiger partial charge in [0.25, 0.3) is 0 Å². The molecule has 0 fully saturated rings. The smallest absolute Gasteiger partial charge is 0.148 e. The molecule has 2 aromatic heterocycles. The van der Waals surface area contributed by atoms with E-state index >= 15 is 0 Å². The first-order valence-electron chi connectivity index (χ1n) is 5.38. The summed E-state index contributed by atoms with van der Waals surface area (Å²) in [5.41, 5.74) is 1.34. The first-order chi connectivity index (χ1) is 8.72. The van der Waals surface area contributed by atoms with Crippen LogP contribution in [-0.4, -0.2) is 17.0 Å². The van der Waals surface area contributed by atoms with Crippen molar-refractivity contribution in [3.8, 4) is 6.07 Å². The van der Waals surface area contributed by atoms with Crippen LogP contribution in [0.5, 0.6) is 0 Å². The predicted molar refractivity (Wildman–Crippen MR) is 70.3 cm³/mol. The number of hydrogen-bond donors (Lipinski definition) is 0. The molecule has 0 bridgehead atoms. The molecule has 0 aliphatic rings. The molecule has 0 spiro atoms. The van der Waals surface area contributed by atoms with E-state index in [-0.39, 0.29) is 0 Å². The van der Waals surface area contributed by atoms with Crippen molar-refractivity contribution in [1.82, 2.24) is 9.97 Å². The Bertz CT molecular complexity index is 577. The molecule has 0 atom stereocenters. The van der Waals surface area contributed by atoms with Crippen molar-refractivity contribution in [3.05, 3.63) is 52.9 Å². The quantitative estimate of drug-likeness (QED) is 0.849. The largest absolute Gasteiger partial charge is 0.353 e. The lowest BCUT2D eigenvalue weighted by Crippen LogP contribution is -2.19. The molecule has 0 saturated carbocycles. The van der Waals surface area contributed by atoms with Crippen LogP contribution in [0.15, 0.2) is 36.7 Å². The zero-order valence-corrected chi connectivity index (χ0v) is 10.6. The van der Waals surface area contributed by atoms with Gasteiger partial charge >= 0.3 is 0 Å². The molecular weight excluding hydrogens is 248 g/mol. The number of aromatic nitrogens is 2. The monoisotopic (exact) mass is 258 g/mol. The zero-order valence-electron chi connectivity index (χ0n) is 9.84. The molecule has 0 unspecified atom stereocenters. The predicted octanol–water partition coefficient (Wildman–Crippen LogP) is 2.64. The number of halogens is 1. The van der Waals surface area contributed by atoms with Crippen LogP contribution in [0.1, 0.15) is 11.3 Å². The molecule has 0 N–H and O–H groups in total. The van der Waals surface area contributed by atoms with Crippen molar-refractivity contribution in [3.63, 3.8) is 0 Å². The van der Waals surface area contributed by atoms with Crippen LogP contribution in [0, 0.1) is 11.3 Å². The Balaban J connectivity index is 2.25. The number of anilines is 1. The van der Waals surface area contributed by atoms with Gasteiger partial charge in [0.1, 0.15) is 16.9 Å². The van der Waals surface area contributed by atoms with Crippen LogP contribution in [0.4, 0.5) is 5.82 Å². The zero-order chi connectivity index (χ0) is 13.0. The lowest BCUT2D eigenvalue weighted by Gasteiger charge is -2.19. The van der Waals surface area contributed by atoms with Gasteiger partial charge in [-0.1, -0.05) is 17.7 Å². The fourth-order valence-corrected chi connectivity index (χ4v) is 1.89. The van der Waals surface area contributed by atoms with Gasteiger partial charge < -0.3 is 4.90 Å². The van der Waals surface area contributed by atoms with Crippen molar-refractivity contribution in [2.24, 2.45) is 0 Å². The number of hydrogen-bond acceptors (Lipinski definition) is 4. The number of nitrogens with zero attached hydrogens (tertiary/aromatic N) is 4. The van der Waals surface area contributed by atoms with Crippen LogP contribution < -0.4 is 4.90 Å². The third kappa shape index (κ3) is 2.58. The molecule has 0 aromatic carbocycles. The van der Waals surface area contributed by atoms with Gasteiger partial charge in [0.2, 0.25) is 0 Å². The number of rotatable bonds is 3. The molecule has 0 radical (unpaired) electrons. The molecule has 4 nitrogen and oxygen atoms in total. The summed E-state index contributed by atoms with van der Waals surface area (Å²) in [6, 6.07) is 9.36. The van der Waals surface area contributed by atoms with Gasteiger partial charge in [0, 0.05) is 19.4 Å². The van der Waals surface area contributed by atoms with E-state index < -0.39 is 0 Å². The second-order valence-electron chi connectivity index (χ2n) is 3.79. The van der Waals surface area contributed by atoms with Gasteiger partial charge in [-0.05, 0) is 18.2 Å². The average Bonchev–Trinajstić information content (AvgIpc) is 2.40. The number of pyridine rings is 2. The van der Waals surface area contributed by atoms with Crippen LogP contribution in [-0.2, 0) is 6.54 Å². The summed E-state index contributed by atoms with van der Waals surface area (Å²) >= 11 is 6.12. The topological polar surface area (TPSA) is 52.8 Å². The van der Waals surface area contributed by atoms with E-state index in [9.17, 15) is 0 Å². The molecule has 5 heteroatoms. The Morgan fingerprint density at radius 2 is 2.11 bits per heavy atom. The Hall–Kier alpha value is -2.12. The molecular formula is C13H11ClN4. The van der Waals surface area contributed by atoms with E-state index in [0.717, 1.165) is 5.69 Å². The van der Waals surface area contributed by atoms with Crippen LogP contribution >= 0.6 is 11.6 Å². The highest BCUT2D eigenvalue weighted by molar-refractivity contribution is 6.34. The first kappa shape index (κ1) is 12.3. The second-order valence-corrected chi connectivity index (χ2v) is 4.16. The van der Waals surface area contributed by atoms with Crippen molar-refractivity contribution in [2.45, 2.75) is 6.54 Å². The minimum Gasteiger partial charge on any atom is -0.353 e. The minimum atomic E-state index is 0.374. The van der Waals surface area contributed by atoms with E-state index in [1.54, 1.807) is 18.5 Å². The summed E-state index contributed by atoms with van der Waals surface area (Å²) in [6.45, 7) is 0.586. The highest BCUT2D eigenvalue weighted by Gasteiger charge is 2.12. The van der Waals surface area contributed by atoms with Gasteiger partial charge in [-0.15, -0.1) is 0 Å². The molecule has 0 aliphatic carbocycles. The average molecular weight is 259 g/mol. The highest BCUT2D eigenvalue weighted by atomic mass is 35.5. The maximum atomic E-state index is 8.92. The van der Waals surface area contributed by atoms with Crippen molar-refractivity contribution >= 4 is 17.4 Å². The fourth-order valence-electron chi connectivity index (χ4n) is 1.59. The van der Waals surface area contributed by atoms with E-state index in [2.05, 4.69) is 9.97 Å². The maximum absolute atomic E-state index is 8.92. The van der Waals surface area contributed by atoms with Crippen molar-refractivity contribution < 1.29 is 0 Å². The Morgan fingerprint density at radius 1 is 1.28 bits per heavy atom. The third-order valence-electron chi connectivity index (χ3n) is 2.48. The van der Waals surface area contributed by atoms with E-state index in [4.69, 9.17) is 16.9 Å². The summed E-state index contributed by atoms with van der Waals surface area (Å²) in [7, 11) is 1.87. The van der Waals surface area contributed by atoms with E-state index in [0.29, 0.717) is 22.9 Å². The summed E-state index contributed by atoms with van der Waals surface area (Å²) in [6.07, 6.45) is 3.32. The molecule has 0 saturated heterocycles. The van der Waals surface area contributed by atoms with E-state index in [1.807, 2.05) is 36.2 Å². The summed E-state index contributed by atoms with van der Waals surface area (Å²) in [4.78, 5) is 10.3. The summed E-state index contributed by atoms with van der Waals surface area (Å²) in [5.74, 6) is 0.585. The Morgan fingerprint density at radius 3 is 2.78 bits per heavy atom. The van der Waals surface area contributed by atoms with Crippen LogP contribution in [0.2, 0.25) is 5.02 Å². The molecule has 18 heavy (non-hydrogen) atoms. The second kappa shape index (κ2) is 5.48. The fraction of sp³-hybridized carbons (Fsp3) is 0.154. The molecule has 2 aromatic rings. The van der Waals surface area contributed by atoms with Crippen molar-refractivity contribution in [2.75, 3.05) is 11.9 Å². The molecule has 0 amide bonds. The SMILES string of the molecule is CN(Cc1ccccn1)c1nccc(C#N)c1Cl. The van der Waals surface area contributed by atoms with Gasteiger partial charge in [0.15, 0.2) is 0 Å². The lowest BCUT2D eigenvalue weighted by atomic mass is 10.2. The highest BCUT2D eigenvalue weighted by Crippen LogP contribution is 2.26. The van der Waals surface area contributed by atoms with E-state index in [1.165, 1.54) is 0 Å². The molecule has 2 heterocycles. The normalized spacial score (nSPS) is 9.83. The van der Waals surface area contributed by atoms with Gasteiger partial charge in [-0.3, -0.25) is 4.98 Å². The Labute approximate surface area is 110 Å². The standard InChI is InChI=1S/C13H11ClN4/c1-18(9-11-4-2-3-6-16-11)13-12(14)10(8-15)5-7-17-13/h2-7H,9H2,1H3. The molecule has 2 rings (SSSR count). The summed E-state index contributed by atoms with van der Waals surface area (Å²) in [5, 5.41) is 9.29. The minimum absolute atomic E-state index is 0.374. The van der Waals surface area contributed by atoms with Gasteiger partial charge in [-0.2, -0.15) is 5.26 Å². The van der Waals surface area contributed by atoms with Gasteiger partial charge in [-0.25, -0.2) is 4.98 Å². The van der Waals surface area contributed by atoms with Crippen molar-refractivity contribution in [1.29, 1.82) is 5.26 Å². The molecule has 90 valence electrons. The van der Waals surface area contributed by atoms with Crippen LogP contribution in [0.3, 0.4) is 0 Å². The Kier molecular flexibility index (Phi) is 3.75. The lowest BCUT2D eigenvalue weighted by molar-refractivity contribution is 0.865. The van der Waals surface area contributed by atoms with Gasteiger partial charge in [0.05, 0.1) is 17.8 Å². The summed E-state index contributed by atoms with van der Waals surface area (Å²) < 4.78 is 0. The number of nitriles is 1. The first-order valence-corrected chi connectivity index (χ1v) is 5.76. The van der Waals surface area contributed by atoms with Crippen LogP contribution in [0.25, 0.3) is 0 Å². The third-order valence-corrected chi connectivity index (χ3v) is 2.85.